The van der Waals surface area contributed by atoms with Crippen molar-refractivity contribution in [3.8, 4) is 5.75 Å². The smallest absolute Gasteiger partial charge is 0.124 e. The molecule has 0 aromatic heterocycles. The Morgan fingerprint density at radius 3 is 2.49 bits per heavy atom. The van der Waals surface area contributed by atoms with E-state index in [1.165, 1.54) is 45.2 Å². The van der Waals surface area contributed by atoms with Gasteiger partial charge in [-0.25, -0.2) is 0 Å². The lowest BCUT2D eigenvalue weighted by molar-refractivity contribution is -0.239. The predicted octanol–water partition coefficient (Wildman–Crippen LogP) is 5.52. The first-order valence-corrected chi connectivity index (χ1v) is 15.2. The number of rotatable bonds is 6. The van der Waals surface area contributed by atoms with Gasteiger partial charge in [-0.1, -0.05) is 32.0 Å². The van der Waals surface area contributed by atoms with Crippen LogP contribution in [0.5, 0.6) is 5.75 Å². The molecule has 0 amide bonds. The highest BCUT2D eigenvalue weighted by Gasteiger charge is 2.72. The van der Waals surface area contributed by atoms with Gasteiger partial charge in [-0.3, -0.25) is 0 Å². The predicted molar refractivity (Wildman–Crippen MR) is 145 cm³/mol. The van der Waals surface area contributed by atoms with Crippen molar-refractivity contribution < 1.29 is 19.7 Å². The second kappa shape index (κ2) is 9.50. The number of fused-ring (bicyclic) bond motifs is 5. The largest absolute Gasteiger partial charge is 0.496 e. The fourth-order valence-electron chi connectivity index (χ4n) is 10.1. The molecule has 5 fully saturated rings. The van der Waals surface area contributed by atoms with Crippen LogP contribution in [-0.2, 0) is 10.3 Å². The van der Waals surface area contributed by atoms with Crippen molar-refractivity contribution in [1.29, 1.82) is 0 Å². The van der Waals surface area contributed by atoms with Crippen molar-refractivity contribution in [2.75, 3.05) is 33.4 Å². The standard InChI is InChI=1S/C32H49NO4/c1-29-14-12-24(37-21-20-33-18-6-7-19-33)22-23(29)10-11-26-25(29)13-15-30(2)31(26,34)16-17-32(30,35)27-8-4-5-9-28(27)36-3/h4-5,8-9,23-26,34-35H,6-7,10-22H2,1-3H3/t23?,24?,25-,26-,29+,30+,31-,32?/m1/s1. The van der Waals surface area contributed by atoms with Crippen LogP contribution in [0.25, 0.3) is 0 Å². The van der Waals surface area contributed by atoms with Gasteiger partial charge in [0, 0.05) is 17.5 Å². The Morgan fingerprint density at radius 2 is 1.70 bits per heavy atom. The number of nitrogens with zero attached hydrogens (tertiary/aromatic N) is 1. The van der Waals surface area contributed by atoms with E-state index < -0.39 is 16.6 Å². The Balaban J connectivity index is 1.18. The third kappa shape index (κ3) is 3.85. The molecule has 0 radical (unpaired) electrons. The molecule has 4 aliphatic carbocycles. The number of likely N-dealkylation sites (tertiary alicyclic amines) is 1. The SMILES string of the molecule is COc1ccccc1C1(O)CC[C@@]2(O)[C@@H]3CCC4CC(OCCN5CCCC5)CC[C@]4(C)[C@@H]3CC[C@]12C. The minimum absolute atomic E-state index is 0.254. The number of ether oxygens (including phenoxy) is 2. The molecule has 1 aromatic carbocycles. The summed E-state index contributed by atoms with van der Waals surface area (Å²) in [6.45, 7) is 9.14. The highest BCUT2D eigenvalue weighted by molar-refractivity contribution is 5.42. The van der Waals surface area contributed by atoms with Gasteiger partial charge >= 0.3 is 0 Å². The van der Waals surface area contributed by atoms with Crippen molar-refractivity contribution in [2.24, 2.45) is 28.6 Å². The quantitative estimate of drug-likeness (QED) is 0.527. The lowest BCUT2D eigenvalue weighted by atomic mass is 9.42. The zero-order valence-electron chi connectivity index (χ0n) is 23.4. The van der Waals surface area contributed by atoms with E-state index in [2.05, 4.69) is 18.7 Å². The molecule has 4 saturated carbocycles. The maximum absolute atomic E-state index is 12.6. The van der Waals surface area contributed by atoms with Crippen LogP contribution in [0.15, 0.2) is 24.3 Å². The average molecular weight is 512 g/mol. The Bertz CT molecular complexity index is 979. The van der Waals surface area contributed by atoms with Crippen molar-refractivity contribution in [1.82, 2.24) is 4.90 Å². The summed E-state index contributed by atoms with van der Waals surface area (Å²) >= 11 is 0. The van der Waals surface area contributed by atoms with Crippen LogP contribution in [0.4, 0.5) is 0 Å². The molecule has 0 spiro atoms. The zero-order chi connectivity index (χ0) is 25.9. The number of para-hydroxylation sites is 1. The van der Waals surface area contributed by atoms with E-state index in [1.54, 1.807) is 7.11 Å². The fourth-order valence-corrected chi connectivity index (χ4v) is 10.1. The topological polar surface area (TPSA) is 62.2 Å². The van der Waals surface area contributed by atoms with Gasteiger partial charge in [-0.05, 0) is 113 Å². The summed E-state index contributed by atoms with van der Waals surface area (Å²) in [4.78, 5) is 2.55. The first-order chi connectivity index (χ1) is 17.7. The third-order valence-corrected chi connectivity index (χ3v) is 12.5. The Kier molecular flexibility index (Phi) is 6.70. The lowest BCUT2D eigenvalue weighted by Crippen LogP contribution is -2.64. The molecule has 1 aliphatic heterocycles. The number of hydrogen-bond acceptors (Lipinski definition) is 5. The van der Waals surface area contributed by atoms with E-state index in [0.29, 0.717) is 30.8 Å². The van der Waals surface area contributed by atoms with E-state index in [1.807, 2.05) is 24.3 Å². The highest BCUT2D eigenvalue weighted by Crippen LogP contribution is 2.72. The van der Waals surface area contributed by atoms with Gasteiger partial charge in [-0.15, -0.1) is 0 Å². The molecule has 5 nitrogen and oxygen atoms in total. The van der Waals surface area contributed by atoms with E-state index in [9.17, 15) is 10.2 Å². The minimum atomic E-state index is -1.07. The van der Waals surface area contributed by atoms with Crippen molar-refractivity contribution in [3.05, 3.63) is 29.8 Å². The Hall–Kier alpha value is -1.14. The summed E-state index contributed by atoms with van der Waals surface area (Å²) in [5.41, 5.74) is -1.38. The normalized spacial score (nSPS) is 45.8. The molecule has 0 bridgehead atoms. The van der Waals surface area contributed by atoms with Crippen molar-refractivity contribution in [2.45, 2.75) is 102 Å². The van der Waals surface area contributed by atoms with Crippen molar-refractivity contribution >= 4 is 0 Å². The van der Waals surface area contributed by atoms with Crippen LogP contribution in [0.2, 0.25) is 0 Å². The maximum Gasteiger partial charge on any atom is 0.124 e. The zero-order valence-corrected chi connectivity index (χ0v) is 23.4. The average Bonchev–Trinajstić information content (AvgIpc) is 3.50. The summed E-state index contributed by atoms with van der Waals surface area (Å²) in [6.07, 6.45) is 12.1. The van der Waals surface area contributed by atoms with Crippen LogP contribution < -0.4 is 4.74 Å². The Morgan fingerprint density at radius 1 is 0.919 bits per heavy atom. The third-order valence-electron chi connectivity index (χ3n) is 12.5. The molecule has 1 aromatic rings. The van der Waals surface area contributed by atoms with E-state index in [0.717, 1.165) is 50.1 Å². The van der Waals surface area contributed by atoms with Crippen LogP contribution >= 0.6 is 0 Å². The summed E-state index contributed by atoms with van der Waals surface area (Å²) in [5.74, 6) is 2.19. The second-order valence-corrected chi connectivity index (χ2v) is 13.7. The molecule has 1 heterocycles. The van der Waals surface area contributed by atoms with Gasteiger partial charge in [0.25, 0.3) is 0 Å². The second-order valence-electron chi connectivity index (χ2n) is 13.7. The van der Waals surface area contributed by atoms with Gasteiger partial charge in [0.1, 0.15) is 11.4 Å². The number of methoxy groups -OCH3 is 1. The van der Waals surface area contributed by atoms with Gasteiger partial charge in [0.2, 0.25) is 0 Å². The molecule has 5 heteroatoms. The molecule has 206 valence electrons. The summed E-state index contributed by atoms with van der Waals surface area (Å²) in [5, 5.41) is 24.9. The molecule has 5 aliphatic rings. The molecule has 37 heavy (non-hydrogen) atoms. The summed E-state index contributed by atoms with van der Waals surface area (Å²) < 4.78 is 12.1. The monoisotopic (exact) mass is 511 g/mol. The van der Waals surface area contributed by atoms with Gasteiger partial charge < -0.3 is 24.6 Å². The molecule has 2 N–H and O–H groups in total. The first kappa shape index (κ1) is 26.1. The van der Waals surface area contributed by atoms with Crippen LogP contribution in [-0.4, -0.2) is 60.2 Å². The van der Waals surface area contributed by atoms with E-state index in [4.69, 9.17) is 9.47 Å². The molecule has 6 rings (SSSR count). The molecular formula is C32H49NO4. The number of aliphatic hydroxyl groups is 2. The summed E-state index contributed by atoms with van der Waals surface area (Å²) in [6, 6.07) is 7.89. The van der Waals surface area contributed by atoms with Crippen molar-refractivity contribution in [3.63, 3.8) is 0 Å². The molecule has 3 unspecified atom stereocenters. The number of hydrogen-bond donors (Lipinski definition) is 2. The highest BCUT2D eigenvalue weighted by atomic mass is 16.5. The van der Waals surface area contributed by atoms with Gasteiger partial charge in [-0.2, -0.15) is 0 Å². The fraction of sp³-hybridized carbons (Fsp3) is 0.812. The van der Waals surface area contributed by atoms with Crippen LogP contribution in [0.3, 0.4) is 0 Å². The Labute approximate surface area is 223 Å². The number of benzene rings is 1. The maximum atomic E-state index is 12.6. The van der Waals surface area contributed by atoms with Gasteiger partial charge in [0.05, 0.1) is 25.4 Å². The van der Waals surface area contributed by atoms with Gasteiger partial charge in [0.15, 0.2) is 0 Å². The van der Waals surface area contributed by atoms with E-state index >= 15 is 0 Å². The van der Waals surface area contributed by atoms with Crippen LogP contribution in [0.1, 0.15) is 90.0 Å². The van der Waals surface area contributed by atoms with E-state index in [-0.39, 0.29) is 11.3 Å². The molecule has 8 atom stereocenters. The summed E-state index contributed by atoms with van der Waals surface area (Å²) in [7, 11) is 1.68. The first-order valence-electron chi connectivity index (χ1n) is 15.2. The van der Waals surface area contributed by atoms with Crippen LogP contribution in [0, 0.1) is 28.6 Å². The lowest BCUT2D eigenvalue weighted by Gasteiger charge is -2.64. The minimum Gasteiger partial charge on any atom is -0.496 e. The molecular weight excluding hydrogens is 462 g/mol. The molecule has 1 saturated heterocycles.